The van der Waals surface area contributed by atoms with Gasteiger partial charge >= 0.3 is 5.97 Å². The van der Waals surface area contributed by atoms with Crippen molar-refractivity contribution in [2.45, 2.75) is 33.9 Å². The number of likely N-dealkylation sites (N-methyl/N-ethyl adjacent to an activating group) is 2. The Morgan fingerprint density at radius 1 is 1.00 bits per heavy atom. The van der Waals surface area contributed by atoms with Crippen molar-refractivity contribution < 1.29 is 9.53 Å². The second-order valence-electron chi connectivity index (χ2n) is 5.14. The average Bonchev–Trinajstić information content (AvgIpc) is 2.54. The van der Waals surface area contributed by atoms with Crippen LogP contribution in [0.2, 0.25) is 0 Å². The predicted molar refractivity (Wildman–Crippen MR) is 98.0 cm³/mol. The number of anilines is 1. The van der Waals surface area contributed by atoms with Crippen molar-refractivity contribution >= 4 is 24.1 Å². The Morgan fingerprint density at radius 3 is 1.83 bits per heavy atom. The molecule has 0 aliphatic heterocycles. The number of rotatable bonds is 9. The summed E-state index contributed by atoms with van der Waals surface area (Å²) in [7, 11) is 0. The predicted octanol–water partition coefficient (Wildman–Crippen LogP) is 2.86. The van der Waals surface area contributed by atoms with Gasteiger partial charge in [0.1, 0.15) is 6.61 Å². The van der Waals surface area contributed by atoms with Crippen LogP contribution in [0.1, 0.15) is 38.1 Å². The molecule has 0 heterocycles. The summed E-state index contributed by atoms with van der Waals surface area (Å²) >= 11 is 0. The summed E-state index contributed by atoms with van der Waals surface area (Å²) in [6, 6.07) is 6.81. The van der Waals surface area contributed by atoms with Crippen molar-refractivity contribution in [3.8, 4) is 0 Å². The minimum atomic E-state index is -0.302. The number of esters is 1. The normalized spacial score (nSPS) is 10.9. The molecule has 0 radical (unpaired) electrons. The smallest absolute Gasteiger partial charge is 0.338 e. The Kier molecular flexibility index (Phi) is 10.6. The van der Waals surface area contributed by atoms with Crippen molar-refractivity contribution in [2.24, 2.45) is 0 Å². The van der Waals surface area contributed by atoms with Gasteiger partial charge in [-0.1, -0.05) is 27.7 Å². The third-order valence-electron chi connectivity index (χ3n) is 3.98. The zero-order valence-electron chi connectivity index (χ0n) is 14.6. The molecule has 0 aliphatic carbocycles. The van der Waals surface area contributed by atoms with Crippen LogP contribution >= 0.6 is 12.4 Å². The molecule has 23 heavy (non-hydrogen) atoms. The van der Waals surface area contributed by atoms with E-state index in [1.165, 1.54) is 0 Å². The SMILES string of the molecule is CCN(CC)C(COC(=O)c1ccc(N)cc1)N(CC)CC.Cl. The van der Waals surface area contributed by atoms with Crippen molar-refractivity contribution in [3.63, 3.8) is 0 Å². The highest BCUT2D eigenvalue weighted by Crippen LogP contribution is 2.10. The van der Waals surface area contributed by atoms with E-state index in [2.05, 4.69) is 37.5 Å². The van der Waals surface area contributed by atoms with Gasteiger partial charge in [-0.3, -0.25) is 9.80 Å². The number of halogens is 1. The summed E-state index contributed by atoms with van der Waals surface area (Å²) in [5, 5.41) is 0. The summed E-state index contributed by atoms with van der Waals surface area (Å²) in [5.41, 5.74) is 6.81. The molecule has 6 heteroatoms. The maximum Gasteiger partial charge on any atom is 0.338 e. The van der Waals surface area contributed by atoms with E-state index in [1.54, 1.807) is 24.3 Å². The van der Waals surface area contributed by atoms with E-state index in [1.807, 2.05) is 0 Å². The quantitative estimate of drug-likeness (QED) is 0.424. The molecule has 2 N–H and O–H groups in total. The van der Waals surface area contributed by atoms with Crippen LogP contribution in [0, 0.1) is 0 Å². The Hall–Kier alpha value is -1.30. The molecule has 1 rings (SSSR count). The summed E-state index contributed by atoms with van der Waals surface area (Å²) in [6.45, 7) is 12.6. The van der Waals surface area contributed by atoms with Gasteiger partial charge in [-0.25, -0.2) is 4.79 Å². The van der Waals surface area contributed by atoms with Crippen LogP contribution in [-0.2, 0) is 4.74 Å². The lowest BCUT2D eigenvalue weighted by atomic mass is 10.2. The van der Waals surface area contributed by atoms with Gasteiger partial charge in [-0.05, 0) is 50.4 Å². The standard InChI is InChI=1S/C17H29N3O2.ClH/c1-5-19(6-2)16(20(7-3)8-4)13-22-17(21)14-9-11-15(18)12-10-14;/h9-12,16H,5-8,13,18H2,1-4H3;1H. The molecule has 5 nitrogen and oxygen atoms in total. The average molecular weight is 344 g/mol. The fourth-order valence-corrected chi connectivity index (χ4v) is 2.58. The monoisotopic (exact) mass is 343 g/mol. The zero-order valence-corrected chi connectivity index (χ0v) is 15.4. The van der Waals surface area contributed by atoms with E-state index in [0.29, 0.717) is 17.9 Å². The molecule has 0 fully saturated rings. The highest BCUT2D eigenvalue weighted by Gasteiger charge is 2.23. The molecule has 0 amide bonds. The third kappa shape index (κ3) is 6.37. The number of hydrogen-bond acceptors (Lipinski definition) is 5. The van der Waals surface area contributed by atoms with Crippen LogP contribution in [0.4, 0.5) is 5.69 Å². The van der Waals surface area contributed by atoms with E-state index in [9.17, 15) is 4.79 Å². The number of ether oxygens (including phenoxy) is 1. The van der Waals surface area contributed by atoms with Crippen LogP contribution in [0.15, 0.2) is 24.3 Å². The maximum absolute atomic E-state index is 12.2. The Labute approximate surface area is 146 Å². The Bertz CT molecular complexity index is 434. The number of benzene rings is 1. The lowest BCUT2D eigenvalue weighted by Gasteiger charge is -2.37. The largest absolute Gasteiger partial charge is 0.459 e. The van der Waals surface area contributed by atoms with E-state index in [-0.39, 0.29) is 24.5 Å². The van der Waals surface area contributed by atoms with Gasteiger partial charge in [-0.2, -0.15) is 0 Å². The third-order valence-corrected chi connectivity index (χ3v) is 3.98. The highest BCUT2D eigenvalue weighted by molar-refractivity contribution is 5.89. The summed E-state index contributed by atoms with van der Waals surface area (Å²) in [4.78, 5) is 16.8. The second-order valence-corrected chi connectivity index (χ2v) is 5.14. The molecular weight excluding hydrogens is 314 g/mol. The summed E-state index contributed by atoms with van der Waals surface area (Å²) in [6.07, 6.45) is 0.114. The van der Waals surface area contributed by atoms with E-state index in [4.69, 9.17) is 10.5 Å². The first-order valence-corrected chi connectivity index (χ1v) is 8.07. The van der Waals surface area contributed by atoms with E-state index >= 15 is 0 Å². The van der Waals surface area contributed by atoms with Crippen LogP contribution in [0.25, 0.3) is 0 Å². The number of nitrogens with zero attached hydrogens (tertiary/aromatic N) is 2. The number of hydrogen-bond donors (Lipinski definition) is 1. The fraction of sp³-hybridized carbons (Fsp3) is 0.588. The molecule has 0 atom stereocenters. The first kappa shape index (κ1) is 21.7. The summed E-state index contributed by atoms with van der Waals surface area (Å²) in [5.74, 6) is -0.302. The number of carbonyl (C=O) groups excluding carboxylic acids is 1. The molecule has 1 aromatic rings. The lowest BCUT2D eigenvalue weighted by Crippen LogP contribution is -2.51. The minimum absolute atomic E-state index is 0. The van der Waals surface area contributed by atoms with Gasteiger partial charge < -0.3 is 10.5 Å². The minimum Gasteiger partial charge on any atom is -0.459 e. The molecule has 132 valence electrons. The van der Waals surface area contributed by atoms with E-state index in [0.717, 1.165) is 26.2 Å². The molecule has 0 aromatic heterocycles. The second kappa shape index (κ2) is 11.3. The van der Waals surface area contributed by atoms with Crippen molar-refractivity contribution in [3.05, 3.63) is 29.8 Å². The van der Waals surface area contributed by atoms with Crippen molar-refractivity contribution in [2.75, 3.05) is 38.5 Å². The van der Waals surface area contributed by atoms with E-state index < -0.39 is 0 Å². The molecule has 0 saturated carbocycles. The first-order chi connectivity index (χ1) is 10.6. The number of nitrogen functional groups attached to an aromatic ring is 1. The van der Waals surface area contributed by atoms with Crippen molar-refractivity contribution in [1.29, 1.82) is 0 Å². The Balaban J connectivity index is 0.00000484. The molecule has 0 unspecified atom stereocenters. The molecule has 0 aliphatic rings. The molecule has 0 bridgehead atoms. The zero-order chi connectivity index (χ0) is 16.5. The van der Waals surface area contributed by atoms with Gasteiger partial charge in [0.2, 0.25) is 0 Å². The van der Waals surface area contributed by atoms with Gasteiger partial charge in [0.15, 0.2) is 0 Å². The molecular formula is C17H30ClN3O2. The number of nitrogens with two attached hydrogens (primary N) is 1. The lowest BCUT2D eigenvalue weighted by molar-refractivity contribution is -0.00917. The van der Waals surface area contributed by atoms with Gasteiger partial charge in [0.05, 0.1) is 11.7 Å². The van der Waals surface area contributed by atoms with Crippen LogP contribution < -0.4 is 5.73 Å². The van der Waals surface area contributed by atoms with Gasteiger partial charge in [0.25, 0.3) is 0 Å². The van der Waals surface area contributed by atoms with Crippen LogP contribution in [-0.4, -0.2) is 54.7 Å². The fourth-order valence-electron chi connectivity index (χ4n) is 2.58. The number of carbonyl (C=O) groups is 1. The van der Waals surface area contributed by atoms with Gasteiger partial charge in [0, 0.05) is 5.69 Å². The highest BCUT2D eigenvalue weighted by atomic mass is 35.5. The Morgan fingerprint density at radius 2 is 1.43 bits per heavy atom. The topological polar surface area (TPSA) is 58.8 Å². The van der Waals surface area contributed by atoms with Crippen molar-refractivity contribution in [1.82, 2.24) is 9.80 Å². The molecule has 0 spiro atoms. The maximum atomic E-state index is 12.2. The summed E-state index contributed by atoms with van der Waals surface area (Å²) < 4.78 is 5.54. The van der Waals surface area contributed by atoms with Crippen LogP contribution in [0.3, 0.4) is 0 Å². The van der Waals surface area contributed by atoms with Crippen LogP contribution in [0.5, 0.6) is 0 Å². The molecule has 1 aromatic carbocycles. The van der Waals surface area contributed by atoms with Gasteiger partial charge in [-0.15, -0.1) is 12.4 Å². The molecule has 0 saturated heterocycles. The first-order valence-electron chi connectivity index (χ1n) is 8.07.